The van der Waals surface area contributed by atoms with Crippen LogP contribution in [0.2, 0.25) is 0 Å². The normalized spacial score (nSPS) is 13.2. The molecule has 0 saturated carbocycles. The Morgan fingerprint density at radius 1 is 0.515 bits per heavy atom. The first kappa shape index (κ1) is 32.5. The molecule has 33 heavy (non-hydrogen) atoms. The van der Waals surface area contributed by atoms with Gasteiger partial charge in [-0.05, 0) is 25.2 Å². The zero-order valence-electron chi connectivity index (χ0n) is 23.4. The number of esters is 1. The molecule has 0 aromatic rings. The van der Waals surface area contributed by atoms with Crippen molar-refractivity contribution >= 4 is 5.97 Å². The van der Waals surface area contributed by atoms with Gasteiger partial charge in [-0.1, -0.05) is 156 Å². The van der Waals surface area contributed by atoms with Crippen LogP contribution in [-0.2, 0) is 9.53 Å². The number of rotatable bonds is 26. The molecule has 2 nitrogen and oxygen atoms in total. The van der Waals surface area contributed by atoms with E-state index in [9.17, 15) is 4.79 Å². The molecule has 0 saturated heterocycles. The van der Waals surface area contributed by atoms with E-state index < -0.39 is 0 Å². The van der Waals surface area contributed by atoms with Crippen molar-refractivity contribution in [3.63, 3.8) is 0 Å². The van der Waals surface area contributed by atoms with Gasteiger partial charge in [0, 0.05) is 0 Å². The third-order valence-electron chi connectivity index (χ3n) is 7.29. The van der Waals surface area contributed by atoms with E-state index in [1.54, 1.807) is 0 Å². The van der Waals surface area contributed by atoms with Crippen LogP contribution in [0.15, 0.2) is 0 Å². The Hall–Kier alpha value is -0.530. The van der Waals surface area contributed by atoms with Crippen LogP contribution in [0.25, 0.3) is 0 Å². The van der Waals surface area contributed by atoms with Crippen LogP contribution in [0.5, 0.6) is 0 Å². The Morgan fingerprint density at radius 3 is 1.24 bits per heavy atom. The van der Waals surface area contributed by atoms with E-state index in [1.165, 1.54) is 141 Å². The van der Waals surface area contributed by atoms with Gasteiger partial charge in [0.25, 0.3) is 0 Å². The molecule has 0 fully saturated rings. The van der Waals surface area contributed by atoms with Gasteiger partial charge in [0.2, 0.25) is 0 Å². The molecule has 0 amide bonds. The predicted octanol–water partition coefficient (Wildman–Crippen LogP) is 10.8. The van der Waals surface area contributed by atoms with E-state index in [2.05, 4.69) is 27.7 Å². The van der Waals surface area contributed by atoms with Crippen molar-refractivity contribution in [3.05, 3.63) is 0 Å². The van der Waals surface area contributed by atoms with Gasteiger partial charge in [0.1, 0.15) is 0 Å². The van der Waals surface area contributed by atoms with E-state index in [-0.39, 0.29) is 11.9 Å². The van der Waals surface area contributed by atoms with Crippen LogP contribution in [0.3, 0.4) is 0 Å². The summed E-state index contributed by atoms with van der Waals surface area (Å²) in [5.41, 5.74) is 0. The van der Waals surface area contributed by atoms with Crippen LogP contribution in [0, 0.1) is 11.8 Å². The molecule has 2 heteroatoms. The predicted molar refractivity (Wildman–Crippen MR) is 147 cm³/mol. The highest BCUT2D eigenvalue weighted by Gasteiger charge is 2.17. The van der Waals surface area contributed by atoms with E-state index >= 15 is 0 Å². The molecule has 0 aromatic heterocycles. The largest absolute Gasteiger partial charge is 0.465 e. The number of ether oxygens (including phenoxy) is 1. The lowest BCUT2D eigenvalue weighted by Crippen LogP contribution is -2.20. The lowest BCUT2D eigenvalue weighted by Gasteiger charge is -2.19. The molecular weight excluding hydrogens is 404 g/mol. The van der Waals surface area contributed by atoms with E-state index in [0.29, 0.717) is 12.5 Å². The summed E-state index contributed by atoms with van der Waals surface area (Å²) < 4.78 is 5.83. The first-order valence-corrected chi connectivity index (χ1v) is 15.3. The van der Waals surface area contributed by atoms with Crippen molar-refractivity contribution in [2.75, 3.05) is 6.61 Å². The maximum absolute atomic E-state index is 12.6. The monoisotopic (exact) mass is 466 g/mol. The van der Waals surface area contributed by atoms with Gasteiger partial charge in [-0.15, -0.1) is 0 Å². The Balaban J connectivity index is 4.02. The molecule has 0 aliphatic carbocycles. The van der Waals surface area contributed by atoms with Gasteiger partial charge in [0.15, 0.2) is 0 Å². The van der Waals surface area contributed by atoms with Crippen molar-refractivity contribution < 1.29 is 9.53 Å². The zero-order chi connectivity index (χ0) is 24.4. The molecule has 2 atom stereocenters. The fraction of sp³-hybridized carbons (Fsp3) is 0.968. The second-order valence-electron chi connectivity index (χ2n) is 10.8. The minimum absolute atomic E-state index is 0.0495. The van der Waals surface area contributed by atoms with Crippen LogP contribution in [0.1, 0.15) is 175 Å². The summed E-state index contributed by atoms with van der Waals surface area (Å²) in [6.07, 6.45) is 30.2. The van der Waals surface area contributed by atoms with Gasteiger partial charge < -0.3 is 4.74 Å². The van der Waals surface area contributed by atoms with Crippen LogP contribution in [-0.4, -0.2) is 12.6 Å². The summed E-state index contributed by atoms with van der Waals surface area (Å²) in [7, 11) is 0. The average Bonchev–Trinajstić information content (AvgIpc) is 2.82. The summed E-state index contributed by atoms with van der Waals surface area (Å²) >= 11 is 0. The zero-order valence-corrected chi connectivity index (χ0v) is 23.4. The summed E-state index contributed by atoms with van der Waals surface area (Å²) in [5, 5.41) is 0. The Bertz CT molecular complexity index is 392. The SMILES string of the molecule is CCCCCCCCCCCC(C)C(=O)OCC(CCCCCCC)CCCCCCCC. The molecule has 0 bridgehead atoms. The molecule has 0 heterocycles. The highest BCUT2D eigenvalue weighted by molar-refractivity contribution is 5.71. The van der Waals surface area contributed by atoms with Crippen LogP contribution >= 0.6 is 0 Å². The number of hydrogen-bond donors (Lipinski definition) is 0. The second-order valence-corrected chi connectivity index (χ2v) is 10.8. The van der Waals surface area contributed by atoms with Gasteiger partial charge in [-0.25, -0.2) is 0 Å². The van der Waals surface area contributed by atoms with Crippen molar-refractivity contribution in [2.24, 2.45) is 11.8 Å². The number of carbonyl (C=O) groups is 1. The minimum Gasteiger partial charge on any atom is -0.465 e. The quantitative estimate of drug-likeness (QED) is 0.0935. The van der Waals surface area contributed by atoms with Crippen molar-refractivity contribution in [1.29, 1.82) is 0 Å². The molecule has 0 radical (unpaired) electrons. The molecule has 0 aromatic carbocycles. The smallest absolute Gasteiger partial charge is 0.308 e. The van der Waals surface area contributed by atoms with Gasteiger partial charge in [0.05, 0.1) is 12.5 Å². The third kappa shape index (κ3) is 23.0. The summed E-state index contributed by atoms with van der Waals surface area (Å²) in [4.78, 5) is 12.6. The van der Waals surface area contributed by atoms with Crippen molar-refractivity contribution in [2.45, 2.75) is 175 Å². The molecule has 0 rings (SSSR count). The topological polar surface area (TPSA) is 26.3 Å². The van der Waals surface area contributed by atoms with Gasteiger partial charge >= 0.3 is 5.97 Å². The maximum atomic E-state index is 12.6. The molecule has 0 spiro atoms. The lowest BCUT2D eigenvalue weighted by atomic mass is 9.94. The molecule has 2 unspecified atom stereocenters. The summed E-state index contributed by atoms with van der Waals surface area (Å²) in [6, 6.07) is 0. The minimum atomic E-state index is 0.0495. The standard InChI is InChI=1S/C31H62O2/c1-5-8-11-14-16-17-18-20-22-25-29(4)31(32)33-28-30(26-23-19-13-10-7-3)27-24-21-15-12-9-6-2/h29-30H,5-28H2,1-4H3. The molecule has 198 valence electrons. The average molecular weight is 467 g/mol. The Morgan fingerprint density at radius 2 is 0.848 bits per heavy atom. The van der Waals surface area contributed by atoms with E-state index in [4.69, 9.17) is 4.74 Å². The first-order valence-electron chi connectivity index (χ1n) is 15.3. The summed E-state index contributed by atoms with van der Waals surface area (Å²) in [6.45, 7) is 9.55. The van der Waals surface area contributed by atoms with Crippen molar-refractivity contribution in [3.8, 4) is 0 Å². The number of unbranched alkanes of at least 4 members (excludes halogenated alkanes) is 17. The third-order valence-corrected chi connectivity index (χ3v) is 7.29. The Kier molecular flexibility index (Phi) is 25.7. The van der Waals surface area contributed by atoms with Gasteiger partial charge in [-0.2, -0.15) is 0 Å². The fourth-order valence-electron chi connectivity index (χ4n) is 4.78. The molecule has 0 aliphatic rings. The molecular formula is C31H62O2. The highest BCUT2D eigenvalue weighted by Crippen LogP contribution is 2.21. The Labute approximate surface area is 209 Å². The van der Waals surface area contributed by atoms with Crippen molar-refractivity contribution in [1.82, 2.24) is 0 Å². The molecule has 0 N–H and O–H groups in total. The van der Waals surface area contributed by atoms with E-state index in [1.807, 2.05) is 0 Å². The number of carbonyl (C=O) groups excluding carboxylic acids is 1. The van der Waals surface area contributed by atoms with Crippen LogP contribution < -0.4 is 0 Å². The van der Waals surface area contributed by atoms with Crippen LogP contribution in [0.4, 0.5) is 0 Å². The summed E-state index contributed by atoms with van der Waals surface area (Å²) in [5.74, 6) is 0.684. The fourth-order valence-corrected chi connectivity index (χ4v) is 4.78. The highest BCUT2D eigenvalue weighted by atomic mass is 16.5. The van der Waals surface area contributed by atoms with E-state index in [0.717, 1.165) is 6.42 Å². The maximum Gasteiger partial charge on any atom is 0.308 e. The second kappa shape index (κ2) is 26.1. The first-order chi connectivity index (χ1) is 16.2. The lowest BCUT2D eigenvalue weighted by molar-refractivity contribution is -0.149. The van der Waals surface area contributed by atoms with Gasteiger partial charge in [-0.3, -0.25) is 4.79 Å². The molecule has 0 aliphatic heterocycles. The number of hydrogen-bond acceptors (Lipinski definition) is 2.